The summed E-state index contributed by atoms with van der Waals surface area (Å²) in [4.78, 5) is 10.8. The number of rotatable bonds is 5. The van der Waals surface area contributed by atoms with E-state index in [4.69, 9.17) is 5.11 Å². The Balaban J connectivity index is 2.89. The van der Waals surface area contributed by atoms with Gasteiger partial charge in [-0.05, 0) is 25.5 Å². The Morgan fingerprint density at radius 3 is 2.35 bits per heavy atom. The standard InChI is InChI=1S/C12H15F2NO2/c1-3-10(12(16)17)15-7(2)11-8(13)5-4-6-9(11)14/h4-7,10,15H,3H2,1-2H3,(H,16,17). The lowest BCUT2D eigenvalue weighted by molar-refractivity contribution is -0.139. The Morgan fingerprint density at radius 1 is 1.41 bits per heavy atom. The second kappa shape index (κ2) is 5.72. The molecule has 0 aliphatic carbocycles. The quantitative estimate of drug-likeness (QED) is 0.835. The molecule has 0 fully saturated rings. The van der Waals surface area contributed by atoms with Gasteiger partial charge in [-0.2, -0.15) is 0 Å². The molecule has 17 heavy (non-hydrogen) atoms. The number of carboxylic acids is 1. The van der Waals surface area contributed by atoms with Crippen LogP contribution in [0.5, 0.6) is 0 Å². The number of benzene rings is 1. The summed E-state index contributed by atoms with van der Waals surface area (Å²) in [6.45, 7) is 3.23. The summed E-state index contributed by atoms with van der Waals surface area (Å²) in [5, 5.41) is 11.5. The first-order valence-electron chi connectivity index (χ1n) is 5.40. The lowest BCUT2D eigenvalue weighted by Crippen LogP contribution is -2.38. The van der Waals surface area contributed by atoms with Crippen LogP contribution in [0.4, 0.5) is 8.78 Å². The van der Waals surface area contributed by atoms with Gasteiger partial charge in [0.1, 0.15) is 17.7 Å². The summed E-state index contributed by atoms with van der Waals surface area (Å²) in [7, 11) is 0. The Kier molecular flexibility index (Phi) is 4.57. The summed E-state index contributed by atoms with van der Waals surface area (Å²) in [5.74, 6) is -2.38. The van der Waals surface area contributed by atoms with Gasteiger partial charge < -0.3 is 5.11 Å². The summed E-state index contributed by atoms with van der Waals surface area (Å²) >= 11 is 0. The van der Waals surface area contributed by atoms with E-state index in [0.717, 1.165) is 12.1 Å². The summed E-state index contributed by atoms with van der Waals surface area (Å²) in [6.07, 6.45) is 0.343. The smallest absolute Gasteiger partial charge is 0.320 e. The minimum atomic E-state index is -1.03. The third-order valence-corrected chi connectivity index (χ3v) is 2.59. The van der Waals surface area contributed by atoms with Crippen LogP contribution < -0.4 is 5.32 Å². The van der Waals surface area contributed by atoms with Crippen LogP contribution in [0.3, 0.4) is 0 Å². The molecule has 0 bridgehead atoms. The number of hydrogen-bond acceptors (Lipinski definition) is 2. The SMILES string of the molecule is CCC(NC(C)c1c(F)cccc1F)C(=O)O. The van der Waals surface area contributed by atoms with E-state index in [1.807, 2.05) is 0 Å². The zero-order valence-corrected chi connectivity index (χ0v) is 9.71. The monoisotopic (exact) mass is 243 g/mol. The van der Waals surface area contributed by atoms with E-state index in [9.17, 15) is 13.6 Å². The molecule has 0 saturated carbocycles. The Morgan fingerprint density at radius 2 is 1.94 bits per heavy atom. The normalized spacial score (nSPS) is 14.4. The van der Waals surface area contributed by atoms with Crippen molar-refractivity contribution in [2.45, 2.75) is 32.4 Å². The molecule has 1 rings (SSSR count). The number of aliphatic carboxylic acids is 1. The molecule has 0 aliphatic rings. The van der Waals surface area contributed by atoms with Gasteiger partial charge in [0.2, 0.25) is 0 Å². The molecular weight excluding hydrogens is 228 g/mol. The van der Waals surface area contributed by atoms with E-state index >= 15 is 0 Å². The van der Waals surface area contributed by atoms with Crippen molar-refractivity contribution in [3.05, 3.63) is 35.4 Å². The highest BCUT2D eigenvalue weighted by molar-refractivity contribution is 5.73. The highest BCUT2D eigenvalue weighted by atomic mass is 19.1. The fraction of sp³-hybridized carbons (Fsp3) is 0.417. The predicted octanol–water partition coefficient (Wildman–Crippen LogP) is 2.48. The number of carbonyl (C=O) groups is 1. The van der Waals surface area contributed by atoms with Gasteiger partial charge in [-0.1, -0.05) is 13.0 Å². The largest absolute Gasteiger partial charge is 0.480 e. The van der Waals surface area contributed by atoms with E-state index in [-0.39, 0.29) is 5.56 Å². The first kappa shape index (κ1) is 13.6. The minimum Gasteiger partial charge on any atom is -0.480 e. The number of halogens is 2. The molecule has 0 heterocycles. The molecule has 94 valence electrons. The second-order valence-electron chi connectivity index (χ2n) is 3.82. The van der Waals surface area contributed by atoms with Gasteiger partial charge in [0, 0.05) is 11.6 Å². The van der Waals surface area contributed by atoms with Crippen LogP contribution in [0, 0.1) is 11.6 Å². The fourth-order valence-electron chi connectivity index (χ4n) is 1.67. The van der Waals surface area contributed by atoms with E-state index in [2.05, 4.69) is 5.32 Å². The Labute approximate surface area is 98.5 Å². The summed E-state index contributed by atoms with van der Waals surface area (Å²) in [6, 6.07) is 2.06. The third-order valence-electron chi connectivity index (χ3n) is 2.59. The molecule has 0 saturated heterocycles. The molecular formula is C12H15F2NO2. The Bertz CT molecular complexity index is 389. The average Bonchev–Trinajstić information content (AvgIpc) is 2.25. The highest BCUT2D eigenvalue weighted by Gasteiger charge is 2.22. The summed E-state index contributed by atoms with van der Waals surface area (Å²) in [5.41, 5.74) is -0.132. The topological polar surface area (TPSA) is 49.3 Å². The molecule has 2 unspecified atom stereocenters. The van der Waals surface area contributed by atoms with Crippen LogP contribution in [-0.4, -0.2) is 17.1 Å². The maximum Gasteiger partial charge on any atom is 0.320 e. The first-order valence-corrected chi connectivity index (χ1v) is 5.40. The third kappa shape index (κ3) is 3.23. The maximum atomic E-state index is 13.4. The van der Waals surface area contributed by atoms with Crippen molar-refractivity contribution in [3.63, 3.8) is 0 Å². The number of carboxylic acid groups (broad SMARTS) is 1. The van der Waals surface area contributed by atoms with E-state index in [1.54, 1.807) is 6.92 Å². The van der Waals surface area contributed by atoms with Crippen LogP contribution in [0.15, 0.2) is 18.2 Å². The molecule has 0 amide bonds. The first-order chi connectivity index (χ1) is 7.97. The Hall–Kier alpha value is -1.49. The predicted molar refractivity (Wildman–Crippen MR) is 59.6 cm³/mol. The number of nitrogens with one attached hydrogen (secondary N) is 1. The van der Waals surface area contributed by atoms with Crippen molar-refractivity contribution >= 4 is 5.97 Å². The van der Waals surface area contributed by atoms with Gasteiger partial charge >= 0.3 is 5.97 Å². The van der Waals surface area contributed by atoms with Crippen LogP contribution in [0.1, 0.15) is 31.9 Å². The van der Waals surface area contributed by atoms with Crippen LogP contribution in [0.25, 0.3) is 0 Å². The molecule has 0 radical (unpaired) electrons. The van der Waals surface area contributed by atoms with Crippen molar-refractivity contribution in [3.8, 4) is 0 Å². The molecule has 1 aromatic carbocycles. The zero-order chi connectivity index (χ0) is 13.0. The molecule has 2 atom stereocenters. The van der Waals surface area contributed by atoms with Crippen LogP contribution >= 0.6 is 0 Å². The zero-order valence-electron chi connectivity index (χ0n) is 9.71. The second-order valence-corrected chi connectivity index (χ2v) is 3.82. The van der Waals surface area contributed by atoms with Crippen molar-refractivity contribution in [2.75, 3.05) is 0 Å². The van der Waals surface area contributed by atoms with Gasteiger partial charge in [-0.25, -0.2) is 8.78 Å². The molecule has 0 aliphatic heterocycles. The number of hydrogen-bond donors (Lipinski definition) is 2. The molecule has 0 spiro atoms. The van der Waals surface area contributed by atoms with Crippen molar-refractivity contribution < 1.29 is 18.7 Å². The molecule has 0 aromatic heterocycles. The molecule has 2 N–H and O–H groups in total. The van der Waals surface area contributed by atoms with E-state index in [1.165, 1.54) is 13.0 Å². The maximum absolute atomic E-state index is 13.4. The van der Waals surface area contributed by atoms with Crippen LogP contribution in [-0.2, 0) is 4.79 Å². The van der Waals surface area contributed by atoms with E-state index < -0.39 is 29.7 Å². The highest BCUT2D eigenvalue weighted by Crippen LogP contribution is 2.20. The lowest BCUT2D eigenvalue weighted by atomic mass is 10.1. The van der Waals surface area contributed by atoms with Crippen molar-refractivity contribution in [1.82, 2.24) is 5.32 Å². The minimum absolute atomic E-state index is 0.132. The average molecular weight is 243 g/mol. The van der Waals surface area contributed by atoms with Gasteiger partial charge in [-0.15, -0.1) is 0 Å². The van der Waals surface area contributed by atoms with Gasteiger partial charge in [-0.3, -0.25) is 10.1 Å². The lowest BCUT2D eigenvalue weighted by Gasteiger charge is -2.20. The van der Waals surface area contributed by atoms with Gasteiger partial charge in [0.05, 0.1) is 0 Å². The summed E-state index contributed by atoms with van der Waals surface area (Å²) < 4.78 is 26.9. The van der Waals surface area contributed by atoms with Gasteiger partial charge in [0.25, 0.3) is 0 Å². The van der Waals surface area contributed by atoms with Crippen molar-refractivity contribution in [2.24, 2.45) is 0 Å². The molecule has 1 aromatic rings. The molecule has 3 nitrogen and oxygen atoms in total. The van der Waals surface area contributed by atoms with E-state index in [0.29, 0.717) is 6.42 Å². The van der Waals surface area contributed by atoms with Crippen LogP contribution in [0.2, 0.25) is 0 Å². The van der Waals surface area contributed by atoms with Crippen molar-refractivity contribution in [1.29, 1.82) is 0 Å². The molecule has 5 heteroatoms. The van der Waals surface area contributed by atoms with Gasteiger partial charge in [0.15, 0.2) is 0 Å². The fourth-order valence-corrected chi connectivity index (χ4v) is 1.67.